The summed E-state index contributed by atoms with van der Waals surface area (Å²) in [5.41, 5.74) is 3.01. The van der Waals surface area contributed by atoms with E-state index in [-0.39, 0.29) is 10.6 Å². The normalized spacial score (nSPS) is 13.0. The van der Waals surface area contributed by atoms with Crippen molar-refractivity contribution in [1.29, 1.82) is 0 Å². The van der Waals surface area contributed by atoms with Gasteiger partial charge in [0.25, 0.3) is 0 Å². The zero-order valence-corrected chi connectivity index (χ0v) is 9.78. The van der Waals surface area contributed by atoms with Crippen LogP contribution in [0.4, 0.5) is 4.39 Å². The molecule has 13 heavy (non-hydrogen) atoms. The summed E-state index contributed by atoms with van der Waals surface area (Å²) in [6, 6.07) is 3.37. The van der Waals surface area contributed by atoms with Crippen molar-refractivity contribution in [3.05, 3.63) is 34.6 Å². The molecule has 0 aliphatic rings. The van der Waals surface area contributed by atoms with Crippen LogP contribution in [0.25, 0.3) is 0 Å². The number of hydrogen-bond donors (Lipinski definition) is 0. The summed E-state index contributed by atoms with van der Waals surface area (Å²) in [6.45, 7) is 6.02. The number of rotatable bonds is 2. The zero-order chi connectivity index (χ0) is 10.0. The molecular formula is C11H14BrF. The summed E-state index contributed by atoms with van der Waals surface area (Å²) in [7, 11) is 0. The number of benzene rings is 1. The largest absolute Gasteiger partial charge is 0.207 e. The summed E-state index contributed by atoms with van der Waals surface area (Å²) < 4.78 is 13.4. The average molecular weight is 245 g/mol. The van der Waals surface area contributed by atoms with E-state index in [1.54, 1.807) is 6.07 Å². The Morgan fingerprint density at radius 3 is 2.54 bits per heavy atom. The van der Waals surface area contributed by atoms with Crippen molar-refractivity contribution in [2.45, 2.75) is 32.0 Å². The lowest BCUT2D eigenvalue weighted by atomic mass is 9.99. The van der Waals surface area contributed by atoms with Crippen molar-refractivity contribution in [1.82, 2.24) is 0 Å². The maximum absolute atomic E-state index is 13.4. The molecule has 1 rings (SSSR count). The van der Waals surface area contributed by atoms with Crippen LogP contribution in [0.2, 0.25) is 0 Å². The van der Waals surface area contributed by atoms with E-state index in [0.29, 0.717) is 0 Å². The number of hydrogen-bond acceptors (Lipinski definition) is 0. The second-order valence-electron chi connectivity index (χ2n) is 3.28. The molecule has 0 saturated carbocycles. The number of alkyl halides is 1. The molecule has 0 bridgehead atoms. The van der Waals surface area contributed by atoms with E-state index in [0.717, 1.165) is 23.1 Å². The van der Waals surface area contributed by atoms with Crippen LogP contribution in [0.15, 0.2) is 12.1 Å². The molecule has 0 amide bonds. The Balaban J connectivity index is 3.25. The average Bonchev–Trinajstić information content (AvgIpc) is 2.12. The molecule has 1 aromatic rings. The molecule has 1 atom stereocenters. The van der Waals surface area contributed by atoms with Crippen LogP contribution in [-0.4, -0.2) is 0 Å². The van der Waals surface area contributed by atoms with Gasteiger partial charge in [-0.15, -0.1) is 0 Å². The van der Waals surface area contributed by atoms with Crippen LogP contribution < -0.4 is 0 Å². The topological polar surface area (TPSA) is 0 Å². The zero-order valence-electron chi connectivity index (χ0n) is 8.20. The maximum atomic E-state index is 13.4. The molecule has 0 heterocycles. The lowest BCUT2D eigenvalue weighted by Gasteiger charge is -2.13. The molecule has 0 nitrogen and oxygen atoms in total. The van der Waals surface area contributed by atoms with Gasteiger partial charge in [-0.3, -0.25) is 0 Å². The van der Waals surface area contributed by atoms with Gasteiger partial charge in [0.15, 0.2) is 0 Å². The van der Waals surface area contributed by atoms with Crippen LogP contribution in [-0.2, 0) is 0 Å². The minimum atomic E-state index is -0.105. The van der Waals surface area contributed by atoms with E-state index in [2.05, 4.69) is 15.9 Å². The van der Waals surface area contributed by atoms with Gasteiger partial charge < -0.3 is 0 Å². The minimum absolute atomic E-state index is 0.105. The fourth-order valence-electron chi connectivity index (χ4n) is 1.39. The van der Waals surface area contributed by atoms with Gasteiger partial charge in [0, 0.05) is 10.4 Å². The highest BCUT2D eigenvalue weighted by molar-refractivity contribution is 9.09. The Labute approximate surface area is 87.3 Å². The Bertz CT molecular complexity index is 307. The predicted octanol–water partition coefficient (Wildman–Crippen LogP) is 4.29. The molecule has 0 aliphatic heterocycles. The smallest absolute Gasteiger partial charge is 0.127 e. The molecule has 1 aromatic carbocycles. The first-order valence-electron chi connectivity index (χ1n) is 4.47. The van der Waals surface area contributed by atoms with Crippen molar-refractivity contribution >= 4 is 15.9 Å². The van der Waals surface area contributed by atoms with Gasteiger partial charge in [-0.25, -0.2) is 4.39 Å². The summed E-state index contributed by atoms with van der Waals surface area (Å²) in [5.74, 6) is -0.105. The fraction of sp³-hybridized carbons (Fsp3) is 0.455. The van der Waals surface area contributed by atoms with Crippen molar-refractivity contribution in [3.63, 3.8) is 0 Å². The summed E-state index contributed by atoms with van der Waals surface area (Å²) in [4.78, 5) is 0.132. The van der Waals surface area contributed by atoms with Crippen molar-refractivity contribution < 1.29 is 4.39 Å². The standard InChI is InChI=1S/C11H14BrF/c1-4-9(12)11-8(3)7(2)5-6-10(11)13/h5-6,9H,4H2,1-3H3. The van der Waals surface area contributed by atoms with Crippen LogP contribution in [0.1, 0.15) is 34.9 Å². The number of halogens is 2. The third-order valence-corrected chi connectivity index (χ3v) is 3.51. The lowest BCUT2D eigenvalue weighted by molar-refractivity contribution is 0.603. The van der Waals surface area contributed by atoms with Gasteiger partial charge in [-0.05, 0) is 37.5 Å². The third kappa shape index (κ3) is 2.11. The molecule has 0 spiro atoms. The predicted molar refractivity (Wildman–Crippen MR) is 57.8 cm³/mol. The summed E-state index contributed by atoms with van der Waals surface area (Å²) >= 11 is 3.48. The highest BCUT2D eigenvalue weighted by Crippen LogP contribution is 2.32. The molecule has 0 aliphatic carbocycles. The molecule has 0 saturated heterocycles. The lowest BCUT2D eigenvalue weighted by Crippen LogP contribution is -1.98. The van der Waals surface area contributed by atoms with E-state index in [1.807, 2.05) is 26.8 Å². The fourth-order valence-corrected chi connectivity index (χ4v) is 1.96. The van der Waals surface area contributed by atoms with Gasteiger partial charge >= 0.3 is 0 Å². The molecule has 1 unspecified atom stereocenters. The van der Waals surface area contributed by atoms with Gasteiger partial charge in [0.05, 0.1) is 0 Å². The Kier molecular flexibility index (Phi) is 3.48. The Morgan fingerprint density at radius 1 is 1.38 bits per heavy atom. The number of aryl methyl sites for hydroxylation is 1. The molecule has 0 fully saturated rings. The highest BCUT2D eigenvalue weighted by atomic mass is 79.9. The van der Waals surface area contributed by atoms with Gasteiger partial charge in [-0.2, -0.15) is 0 Å². The molecule has 0 radical (unpaired) electrons. The minimum Gasteiger partial charge on any atom is -0.207 e. The SMILES string of the molecule is CCC(Br)c1c(F)ccc(C)c1C. The van der Waals surface area contributed by atoms with Crippen molar-refractivity contribution in [3.8, 4) is 0 Å². The highest BCUT2D eigenvalue weighted by Gasteiger charge is 2.14. The van der Waals surface area contributed by atoms with Crippen LogP contribution in [0.5, 0.6) is 0 Å². The van der Waals surface area contributed by atoms with Gasteiger partial charge in [-0.1, -0.05) is 28.9 Å². The van der Waals surface area contributed by atoms with Gasteiger partial charge in [0.2, 0.25) is 0 Å². The van der Waals surface area contributed by atoms with E-state index >= 15 is 0 Å². The third-order valence-electron chi connectivity index (χ3n) is 2.40. The quantitative estimate of drug-likeness (QED) is 0.682. The monoisotopic (exact) mass is 244 g/mol. The van der Waals surface area contributed by atoms with Gasteiger partial charge in [0.1, 0.15) is 5.82 Å². The first kappa shape index (κ1) is 10.7. The first-order valence-corrected chi connectivity index (χ1v) is 5.39. The van der Waals surface area contributed by atoms with Crippen molar-refractivity contribution in [2.75, 3.05) is 0 Å². The van der Waals surface area contributed by atoms with E-state index in [4.69, 9.17) is 0 Å². The second-order valence-corrected chi connectivity index (χ2v) is 4.38. The molecule has 0 N–H and O–H groups in total. The Hall–Kier alpha value is -0.370. The summed E-state index contributed by atoms with van der Waals surface area (Å²) in [6.07, 6.45) is 0.904. The summed E-state index contributed by atoms with van der Waals surface area (Å²) in [5, 5.41) is 0. The van der Waals surface area contributed by atoms with Crippen LogP contribution in [0, 0.1) is 19.7 Å². The molecular weight excluding hydrogens is 231 g/mol. The van der Waals surface area contributed by atoms with Crippen LogP contribution in [0.3, 0.4) is 0 Å². The van der Waals surface area contributed by atoms with Crippen LogP contribution >= 0.6 is 15.9 Å². The molecule has 0 aromatic heterocycles. The molecule has 2 heteroatoms. The van der Waals surface area contributed by atoms with Crippen molar-refractivity contribution in [2.24, 2.45) is 0 Å². The second kappa shape index (κ2) is 4.23. The van der Waals surface area contributed by atoms with E-state index < -0.39 is 0 Å². The Morgan fingerprint density at radius 2 is 2.00 bits per heavy atom. The molecule has 72 valence electrons. The van der Waals surface area contributed by atoms with E-state index in [1.165, 1.54) is 0 Å². The maximum Gasteiger partial charge on any atom is 0.127 e. The first-order chi connectivity index (χ1) is 6.07. The van der Waals surface area contributed by atoms with E-state index in [9.17, 15) is 4.39 Å².